The van der Waals surface area contributed by atoms with Gasteiger partial charge in [-0.2, -0.15) is 0 Å². The van der Waals surface area contributed by atoms with Gasteiger partial charge < -0.3 is 99.1 Å². The van der Waals surface area contributed by atoms with Crippen molar-refractivity contribution in [2.75, 3.05) is 113 Å². The number of nitrogens with one attached hydrogen (secondary N) is 22. The molecular weight excluding hydrogens is 1570 g/mol. The van der Waals surface area contributed by atoms with E-state index in [4.69, 9.17) is 25.7 Å². The monoisotopic (exact) mass is 1690 g/mol. The number of rotatable bonds is 41. The van der Waals surface area contributed by atoms with Crippen LogP contribution in [0.1, 0.15) is 146 Å². The molecular formula is C66H117N35O18. The van der Waals surface area contributed by atoms with Crippen molar-refractivity contribution in [2.45, 2.75) is 163 Å². The number of amides is 13. The number of unbranched alkanes of at least 4 members (excludes halogenated alkanes) is 5. The van der Waals surface area contributed by atoms with Gasteiger partial charge in [0.15, 0.2) is 0 Å². The van der Waals surface area contributed by atoms with E-state index in [2.05, 4.69) is 174 Å². The van der Waals surface area contributed by atoms with Crippen molar-refractivity contribution in [1.29, 1.82) is 0 Å². The van der Waals surface area contributed by atoms with Gasteiger partial charge in [0.1, 0.15) is 23.3 Å². The lowest BCUT2D eigenvalue weighted by Gasteiger charge is -2.19. The standard InChI is InChI=1S/C24H44N8O6.C17H30N14O4.C16H29N7O4.C9H14N6O4/c1-23(2,3)37-21(35)27-15-11-7-9-13-25-19(33)17-29-31-18(32-30-17)20(34)26-14-10-8-12-16-28-22(36)38-24(4,5)6;18-4-1-6-20-14(32)10-24-28-12(29-25-10)16(34)22-8-3-9-23-17(35)13-30-26-11(27-31-13)15(33)21-7-2-5-19;1-5-6-8-17-13(24)11-20-22-12(23-21-11)14(25)18-9-7-10-19-15(26)27-16(2,3)4;1-15(2)9(18)7-13-11-6(12-14-7)8(17)10-4-5(16)19-3/h7-16H2,1-6H3,(H,25,33)(H,26,34)(H,27,35)(H,28,36)(H,29,30)(H,31,32);1-9,18-19H2,(H,20,32)(H,21,33)(H,22,34)(H,23,35)(H,24,25)(H,26,27)(H,28,29)(H,30,31);5-10H2,1-4H3,(H,17,24)(H,18,25)(H,19,26)(H,20,21)(H,22,23);4H2,1-3H3,(H,10,17)(H,11,12)(H,13,14). The summed E-state index contributed by atoms with van der Waals surface area (Å²) in [6.07, 6.45) is 7.13. The van der Waals surface area contributed by atoms with Crippen LogP contribution in [0.15, 0.2) is 51.0 Å². The maximum atomic E-state index is 12.2. The van der Waals surface area contributed by atoms with Crippen molar-refractivity contribution in [1.82, 2.24) is 123 Å². The van der Waals surface area contributed by atoms with Crippen molar-refractivity contribution in [3.8, 4) is 0 Å². The number of nitrogens with zero attached hydrogens (tertiary/aromatic N) is 11. The van der Waals surface area contributed by atoms with Gasteiger partial charge in [0.2, 0.25) is 58.4 Å². The van der Waals surface area contributed by atoms with Gasteiger partial charge in [0.05, 0.1) is 7.11 Å². The molecule has 0 aromatic rings. The van der Waals surface area contributed by atoms with Gasteiger partial charge in [0.25, 0.3) is 59.1 Å². The number of methoxy groups -OCH3 is 1. The minimum Gasteiger partial charge on any atom is -0.468 e. The van der Waals surface area contributed by atoms with Crippen LogP contribution in [-0.4, -0.2) is 276 Å². The molecule has 0 aromatic heterocycles. The molecule has 26 N–H and O–H groups in total. The number of carbonyl (C=O) groups excluding carboxylic acids is 14. The molecule has 0 saturated heterocycles. The molecule has 0 fully saturated rings. The highest BCUT2D eigenvalue weighted by Gasteiger charge is 2.27. The SMILES string of the molecule is CC(C)(C)OC(=O)NCCCCCNC(=O)C1=NNC(C(=O)NCCCCCNC(=O)OC(C)(C)C)=NN1.CCCCNC(=O)C1=NNC(C(=O)NCCCNC(=O)OC(C)(C)C)=NN1.COC(=O)CNC(=O)C1=NNC(C(=O)N(C)C)=NN1.NCCCNC(=O)C1=NNC(C(=O)NCCCNC(=O)C2=NNC(C(=O)NCCCN)=NN2)=NN1. The molecule has 53 nitrogen and oxygen atoms in total. The van der Waals surface area contributed by atoms with Gasteiger partial charge in [-0.1, -0.05) is 13.3 Å². The van der Waals surface area contributed by atoms with E-state index in [0.717, 1.165) is 51.4 Å². The van der Waals surface area contributed by atoms with E-state index in [1.54, 1.807) is 76.4 Å². The maximum Gasteiger partial charge on any atom is 0.407 e. The summed E-state index contributed by atoms with van der Waals surface area (Å²) >= 11 is 0. The number of hydrogen-bond donors (Lipinski definition) is 24. The Morgan fingerprint density at radius 1 is 0.294 bits per heavy atom. The Hall–Kier alpha value is -13.4. The highest BCUT2D eigenvalue weighted by Crippen LogP contribution is 2.09. The second kappa shape index (κ2) is 56.0. The van der Waals surface area contributed by atoms with Gasteiger partial charge in [-0.25, -0.2) is 14.4 Å². The fraction of sp³-hybridized carbons (Fsp3) is 0.636. The summed E-state index contributed by atoms with van der Waals surface area (Å²) < 4.78 is 19.8. The molecule has 0 aromatic carbocycles. The molecule has 5 rings (SSSR count). The van der Waals surface area contributed by atoms with Crippen molar-refractivity contribution in [2.24, 2.45) is 62.5 Å². The van der Waals surface area contributed by atoms with E-state index in [9.17, 15) is 67.1 Å². The summed E-state index contributed by atoms with van der Waals surface area (Å²) in [5.41, 5.74) is 33.2. The minimum atomic E-state index is -0.655. The number of alkyl carbamates (subject to hydrolysis) is 3. The van der Waals surface area contributed by atoms with Gasteiger partial charge in [-0.3, -0.25) is 107 Å². The highest BCUT2D eigenvalue weighted by atomic mass is 16.6. The van der Waals surface area contributed by atoms with Crippen molar-refractivity contribution >= 4 is 142 Å². The molecule has 13 amide bonds. The second-order valence-corrected chi connectivity index (χ2v) is 28.0. The van der Waals surface area contributed by atoms with Crippen LogP contribution in [0, 0.1) is 0 Å². The van der Waals surface area contributed by atoms with Crippen LogP contribution in [0.3, 0.4) is 0 Å². The van der Waals surface area contributed by atoms with E-state index in [1.807, 2.05) is 6.92 Å². The van der Waals surface area contributed by atoms with Gasteiger partial charge in [-0.15, -0.1) is 51.0 Å². The zero-order chi connectivity index (χ0) is 88.8. The van der Waals surface area contributed by atoms with Gasteiger partial charge in [0, 0.05) is 86.1 Å². The summed E-state index contributed by atoms with van der Waals surface area (Å²) in [6, 6.07) is 0. The first-order valence-electron chi connectivity index (χ1n) is 37.9. The number of carbonyl (C=O) groups is 14. The minimum absolute atomic E-state index is 0.00999. The molecule has 0 saturated carbocycles. The zero-order valence-electron chi connectivity index (χ0n) is 69.3. The number of amidine groups is 10. The van der Waals surface area contributed by atoms with Crippen LogP contribution in [0.25, 0.3) is 0 Å². The highest BCUT2D eigenvalue weighted by molar-refractivity contribution is 6.45. The lowest BCUT2D eigenvalue weighted by molar-refractivity contribution is -0.140. The Morgan fingerprint density at radius 2 is 0.496 bits per heavy atom. The topological polar surface area (TPSA) is 719 Å². The smallest absolute Gasteiger partial charge is 0.407 e. The number of esters is 1. The van der Waals surface area contributed by atoms with Crippen molar-refractivity contribution < 1.29 is 86.1 Å². The van der Waals surface area contributed by atoms with Crippen LogP contribution in [-0.2, 0) is 71.7 Å². The molecule has 0 radical (unpaired) electrons. The fourth-order valence-electron chi connectivity index (χ4n) is 8.08. The first-order chi connectivity index (χ1) is 56.4. The van der Waals surface area contributed by atoms with E-state index in [1.165, 1.54) is 12.0 Å². The van der Waals surface area contributed by atoms with E-state index >= 15 is 0 Å². The van der Waals surface area contributed by atoms with Gasteiger partial charge in [-0.05, 0) is 146 Å². The zero-order valence-corrected chi connectivity index (χ0v) is 69.3. The number of likely N-dealkylation sites (N-methyl/N-ethyl adjacent to an activating group) is 1. The second-order valence-electron chi connectivity index (χ2n) is 28.0. The molecule has 0 atom stereocenters. The largest absolute Gasteiger partial charge is 0.468 e. The normalized spacial score (nSPS) is 13.5. The molecule has 5 aliphatic rings. The lowest BCUT2D eigenvalue weighted by atomic mass is 10.2. The van der Waals surface area contributed by atoms with E-state index in [0.29, 0.717) is 97.7 Å². The summed E-state index contributed by atoms with van der Waals surface area (Å²) in [4.78, 5) is 166. The van der Waals surface area contributed by atoms with Crippen LogP contribution >= 0.6 is 0 Å². The molecule has 0 bridgehead atoms. The number of hydrazone groups is 10. The first-order valence-corrected chi connectivity index (χ1v) is 37.9. The fourth-order valence-corrected chi connectivity index (χ4v) is 8.08. The van der Waals surface area contributed by atoms with Gasteiger partial charge >= 0.3 is 24.2 Å². The van der Waals surface area contributed by atoms with Crippen molar-refractivity contribution in [3.63, 3.8) is 0 Å². The van der Waals surface area contributed by atoms with Crippen LogP contribution in [0.2, 0.25) is 0 Å². The third kappa shape index (κ3) is 46.7. The average molecular weight is 1690 g/mol. The Balaban J connectivity index is 0.000000552. The molecule has 664 valence electrons. The number of ether oxygens (including phenoxy) is 4. The Morgan fingerprint density at radius 3 is 0.706 bits per heavy atom. The molecule has 0 unspecified atom stereocenters. The quantitative estimate of drug-likeness (QED) is 0.0154. The summed E-state index contributed by atoms with van der Waals surface area (Å²) in [5.74, 6) is -6.29. The van der Waals surface area contributed by atoms with Crippen LogP contribution < -0.4 is 130 Å². The summed E-state index contributed by atoms with van der Waals surface area (Å²) in [6.45, 7) is 23.1. The molecule has 53 heteroatoms. The van der Waals surface area contributed by atoms with Crippen molar-refractivity contribution in [3.05, 3.63) is 0 Å². The molecule has 0 spiro atoms. The predicted octanol–water partition coefficient (Wildman–Crippen LogP) is -7.46. The third-order valence-electron chi connectivity index (χ3n) is 13.9. The number of nitrogens with two attached hydrogens (primary N) is 2. The average Bonchev–Trinajstić information content (AvgIpc) is 0.881. The third-order valence-corrected chi connectivity index (χ3v) is 13.9. The summed E-state index contributed by atoms with van der Waals surface area (Å²) in [7, 11) is 4.31. The first kappa shape index (κ1) is 102. The van der Waals surface area contributed by atoms with Crippen LogP contribution in [0.4, 0.5) is 14.4 Å². The molecule has 0 aliphatic carbocycles. The van der Waals surface area contributed by atoms with E-state index in [-0.39, 0.29) is 78.0 Å². The predicted molar refractivity (Wildman–Crippen MR) is 435 cm³/mol. The lowest BCUT2D eigenvalue weighted by Crippen LogP contribution is -2.49. The van der Waals surface area contributed by atoms with Crippen LogP contribution in [0.5, 0.6) is 0 Å². The Bertz CT molecular complexity index is 3620. The Labute approximate surface area is 686 Å². The Kier molecular flexibility index (Phi) is 47.8. The summed E-state index contributed by atoms with van der Waals surface area (Å²) in [5, 5.41) is 69.0. The molecule has 5 heterocycles. The molecule has 119 heavy (non-hydrogen) atoms. The molecule has 5 aliphatic heterocycles. The maximum absolute atomic E-state index is 12.2. The number of hydrogen-bond acceptors (Lipinski definition) is 40. The van der Waals surface area contributed by atoms with E-state index < -0.39 is 100 Å².